The number of anilines is 2. The van der Waals surface area contributed by atoms with E-state index in [-0.39, 0.29) is 30.6 Å². The molecule has 0 saturated carbocycles. The van der Waals surface area contributed by atoms with Crippen LogP contribution in [0.5, 0.6) is 11.5 Å². The van der Waals surface area contributed by atoms with Crippen molar-refractivity contribution in [1.82, 2.24) is 4.98 Å². The zero-order chi connectivity index (χ0) is 19.6. The molecule has 2 heterocycles. The van der Waals surface area contributed by atoms with Gasteiger partial charge in [-0.15, -0.1) is 11.3 Å². The van der Waals surface area contributed by atoms with E-state index in [1.807, 2.05) is 0 Å². The molecule has 2 amide bonds. The Labute approximate surface area is 160 Å². The van der Waals surface area contributed by atoms with Crippen molar-refractivity contribution in [2.24, 2.45) is 5.92 Å². The number of Topliss-reactive ketones (excluding diaryl/α,β-unsaturated/α-hetero) is 1. The van der Waals surface area contributed by atoms with Gasteiger partial charge in [0.1, 0.15) is 5.69 Å². The van der Waals surface area contributed by atoms with Crippen molar-refractivity contribution in [3.63, 3.8) is 0 Å². The Bertz CT molecular complexity index is 895. The molecule has 0 aliphatic carbocycles. The summed E-state index contributed by atoms with van der Waals surface area (Å²) < 4.78 is 10.5. The molecule has 1 aromatic heterocycles. The number of ether oxygens (including phenoxy) is 2. The van der Waals surface area contributed by atoms with Crippen molar-refractivity contribution in [2.75, 3.05) is 31.0 Å². The number of amides is 2. The number of hydrogen-bond donors (Lipinski definition) is 1. The summed E-state index contributed by atoms with van der Waals surface area (Å²) in [6.45, 7) is 1.67. The lowest BCUT2D eigenvalue weighted by Gasteiger charge is -2.18. The molecule has 0 bridgehead atoms. The van der Waals surface area contributed by atoms with E-state index in [1.54, 1.807) is 28.5 Å². The Morgan fingerprint density at radius 1 is 1.26 bits per heavy atom. The van der Waals surface area contributed by atoms with Gasteiger partial charge in [-0.05, 0) is 12.1 Å². The van der Waals surface area contributed by atoms with E-state index in [0.717, 1.165) is 0 Å². The highest BCUT2D eigenvalue weighted by atomic mass is 32.1. The van der Waals surface area contributed by atoms with Gasteiger partial charge in [-0.25, -0.2) is 4.98 Å². The summed E-state index contributed by atoms with van der Waals surface area (Å²) in [5, 5.41) is 4.63. The Kier molecular flexibility index (Phi) is 5.41. The van der Waals surface area contributed by atoms with Gasteiger partial charge in [0.15, 0.2) is 22.4 Å². The molecule has 1 aliphatic heterocycles. The van der Waals surface area contributed by atoms with Crippen LogP contribution in [0.25, 0.3) is 0 Å². The summed E-state index contributed by atoms with van der Waals surface area (Å²) in [5.74, 6) is -0.0399. The highest BCUT2D eigenvalue weighted by Crippen LogP contribution is 2.34. The molecule has 1 atom stereocenters. The zero-order valence-corrected chi connectivity index (χ0v) is 16.0. The number of carbonyl (C=O) groups excluding carboxylic acids is 3. The minimum atomic E-state index is -0.504. The number of nitrogens with zero attached hydrogens (tertiary/aromatic N) is 2. The number of thiazole rings is 1. The Morgan fingerprint density at radius 2 is 2.00 bits per heavy atom. The maximum atomic E-state index is 12.5. The number of aromatic nitrogens is 1. The fourth-order valence-electron chi connectivity index (χ4n) is 2.83. The molecule has 1 aliphatic rings. The molecule has 3 rings (SSSR count). The SMILES string of the molecule is COc1ccc(N2CC(C(=O)Nc3nc(C(C)=O)cs3)CC2=O)cc1OC. The van der Waals surface area contributed by atoms with Crippen LogP contribution in [-0.2, 0) is 9.59 Å². The van der Waals surface area contributed by atoms with Gasteiger partial charge >= 0.3 is 0 Å². The van der Waals surface area contributed by atoms with E-state index in [2.05, 4.69) is 10.3 Å². The predicted molar refractivity (Wildman–Crippen MR) is 101 cm³/mol. The highest BCUT2D eigenvalue weighted by molar-refractivity contribution is 7.14. The lowest BCUT2D eigenvalue weighted by Crippen LogP contribution is -2.28. The second-order valence-electron chi connectivity index (χ2n) is 6.03. The minimum absolute atomic E-state index is 0.102. The second-order valence-corrected chi connectivity index (χ2v) is 6.89. The van der Waals surface area contributed by atoms with Crippen LogP contribution in [0.3, 0.4) is 0 Å². The predicted octanol–water partition coefficient (Wildman–Crippen LogP) is 2.35. The maximum absolute atomic E-state index is 12.5. The van der Waals surface area contributed by atoms with Crippen LogP contribution in [0.15, 0.2) is 23.6 Å². The molecule has 1 N–H and O–H groups in total. The fraction of sp³-hybridized carbons (Fsp3) is 0.333. The molecule has 1 unspecified atom stereocenters. The van der Waals surface area contributed by atoms with E-state index in [9.17, 15) is 14.4 Å². The van der Waals surface area contributed by atoms with Crippen LogP contribution in [0.1, 0.15) is 23.8 Å². The molecular weight excluding hydrogens is 370 g/mol. The Hall–Kier alpha value is -2.94. The summed E-state index contributed by atoms with van der Waals surface area (Å²) in [6.07, 6.45) is 0.102. The number of methoxy groups -OCH3 is 2. The summed E-state index contributed by atoms with van der Waals surface area (Å²) in [5.41, 5.74) is 0.950. The van der Waals surface area contributed by atoms with E-state index < -0.39 is 5.92 Å². The summed E-state index contributed by atoms with van der Waals surface area (Å²) in [4.78, 5) is 41.8. The normalized spacial score (nSPS) is 16.3. The van der Waals surface area contributed by atoms with E-state index in [4.69, 9.17) is 9.47 Å². The number of rotatable bonds is 6. The lowest BCUT2D eigenvalue weighted by atomic mass is 10.1. The molecule has 1 fully saturated rings. The number of ketones is 1. The number of hydrogen-bond acceptors (Lipinski definition) is 7. The topological polar surface area (TPSA) is 97.8 Å². The van der Waals surface area contributed by atoms with Crippen LogP contribution in [-0.4, -0.2) is 43.3 Å². The average Bonchev–Trinajstić information content (AvgIpc) is 3.28. The maximum Gasteiger partial charge on any atom is 0.231 e. The first-order valence-electron chi connectivity index (χ1n) is 8.22. The minimum Gasteiger partial charge on any atom is -0.493 e. The first-order valence-corrected chi connectivity index (χ1v) is 9.10. The summed E-state index contributed by atoms with van der Waals surface area (Å²) >= 11 is 1.18. The summed E-state index contributed by atoms with van der Waals surface area (Å²) in [6, 6.07) is 5.17. The Balaban J connectivity index is 1.71. The molecule has 0 spiro atoms. The van der Waals surface area contributed by atoms with Crippen molar-refractivity contribution < 1.29 is 23.9 Å². The van der Waals surface area contributed by atoms with Crippen LogP contribution >= 0.6 is 11.3 Å². The number of benzene rings is 1. The molecule has 1 saturated heterocycles. The molecule has 27 heavy (non-hydrogen) atoms. The van der Waals surface area contributed by atoms with Gasteiger partial charge in [0.05, 0.1) is 20.1 Å². The van der Waals surface area contributed by atoms with Gasteiger partial charge in [-0.2, -0.15) is 0 Å². The van der Waals surface area contributed by atoms with Crippen molar-refractivity contribution in [2.45, 2.75) is 13.3 Å². The van der Waals surface area contributed by atoms with Gasteiger partial charge in [0.25, 0.3) is 0 Å². The van der Waals surface area contributed by atoms with Crippen LogP contribution in [0.2, 0.25) is 0 Å². The van der Waals surface area contributed by atoms with Gasteiger partial charge in [0.2, 0.25) is 11.8 Å². The van der Waals surface area contributed by atoms with Crippen LogP contribution in [0.4, 0.5) is 10.8 Å². The lowest BCUT2D eigenvalue weighted by molar-refractivity contribution is -0.122. The van der Waals surface area contributed by atoms with Gasteiger partial charge in [-0.1, -0.05) is 0 Å². The quantitative estimate of drug-likeness (QED) is 0.762. The van der Waals surface area contributed by atoms with E-state index in [0.29, 0.717) is 28.0 Å². The average molecular weight is 389 g/mol. The monoisotopic (exact) mass is 389 g/mol. The standard InChI is InChI=1S/C18H19N3O5S/c1-10(22)13-9-27-18(19-13)20-17(24)11-6-16(23)21(8-11)12-4-5-14(25-2)15(7-12)26-3/h4-5,7,9,11H,6,8H2,1-3H3,(H,19,20,24). The van der Waals surface area contributed by atoms with Gasteiger partial charge in [-0.3, -0.25) is 14.4 Å². The molecule has 0 radical (unpaired) electrons. The molecule has 9 heteroatoms. The van der Waals surface area contributed by atoms with Crippen molar-refractivity contribution >= 4 is 39.8 Å². The van der Waals surface area contributed by atoms with Crippen molar-refractivity contribution in [3.05, 3.63) is 29.3 Å². The van der Waals surface area contributed by atoms with Crippen molar-refractivity contribution in [1.29, 1.82) is 0 Å². The molecule has 1 aromatic carbocycles. The molecule has 8 nitrogen and oxygen atoms in total. The first-order chi connectivity index (χ1) is 12.9. The molecule has 2 aromatic rings. The van der Waals surface area contributed by atoms with E-state index in [1.165, 1.54) is 32.5 Å². The highest BCUT2D eigenvalue weighted by Gasteiger charge is 2.35. The molecular formula is C18H19N3O5S. The summed E-state index contributed by atoms with van der Waals surface area (Å²) in [7, 11) is 3.06. The van der Waals surface area contributed by atoms with Gasteiger partial charge in [0, 0.05) is 37.0 Å². The van der Waals surface area contributed by atoms with Gasteiger partial charge < -0.3 is 19.7 Å². The zero-order valence-electron chi connectivity index (χ0n) is 15.1. The van der Waals surface area contributed by atoms with Crippen molar-refractivity contribution in [3.8, 4) is 11.5 Å². The third-order valence-corrected chi connectivity index (χ3v) is 5.03. The largest absolute Gasteiger partial charge is 0.493 e. The Morgan fingerprint density at radius 3 is 2.63 bits per heavy atom. The fourth-order valence-corrected chi connectivity index (χ4v) is 3.58. The first kappa shape index (κ1) is 18.8. The smallest absolute Gasteiger partial charge is 0.231 e. The third kappa shape index (κ3) is 3.92. The molecule has 142 valence electrons. The second kappa shape index (κ2) is 7.75. The number of nitrogens with one attached hydrogen (secondary N) is 1. The van der Waals surface area contributed by atoms with Crippen LogP contribution < -0.4 is 19.7 Å². The third-order valence-electron chi connectivity index (χ3n) is 4.27. The van der Waals surface area contributed by atoms with Crippen LogP contribution in [0, 0.1) is 5.92 Å². The number of carbonyl (C=O) groups is 3. The van der Waals surface area contributed by atoms with E-state index >= 15 is 0 Å².